The van der Waals surface area contributed by atoms with Gasteiger partial charge in [0.2, 0.25) is 0 Å². The predicted molar refractivity (Wildman–Crippen MR) is 33.2 cm³/mol. The Kier molecular flexibility index (Phi) is 2.26. The molecule has 7 heavy (non-hydrogen) atoms. The van der Waals surface area contributed by atoms with Crippen LogP contribution >= 0.6 is 15.9 Å². The Bertz CT molecular complexity index is 135. The van der Waals surface area contributed by atoms with Crippen LogP contribution in [0.1, 0.15) is 6.92 Å². The molecule has 2 nitrogen and oxygen atoms in total. The number of hydrogen-bond acceptors (Lipinski definition) is 2. The van der Waals surface area contributed by atoms with Gasteiger partial charge >= 0.3 is 0 Å². The zero-order chi connectivity index (χ0) is 6.08. The van der Waals surface area contributed by atoms with Crippen LogP contribution in [0, 0.1) is 0 Å². The summed E-state index contributed by atoms with van der Waals surface area (Å²) in [6, 6.07) is 0. The van der Waals surface area contributed by atoms with E-state index in [-0.39, 0.29) is 0 Å². The number of halogens is 1. The van der Waals surface area contributed by atoms with E-state index in [1.165, 1.54) is 6.26 Å². The van der Waals surface area contributed by atoms with Crippen molar-refractivity contribution >= 4 is 25.8 Å². The maximum atomic E-state index is 10.3. The van der Waals surface area contributed by atoms with Crippen molar-refractivity contribution in [3.05, 3.63) is 0 Å². The van der Waals surface area contributed by atoms with E-state index in [0.29, 0.717) is 0 Å². The Balaban J connectivity index is 4.10. The molecule has 0 radical (unpaired) electrons. The van der Waals surface area contributed by atoms with Crippen LogP contribution in [0.15, 0.2) is 0 Å². The minimum Gasteiger partial charge on any atom is -0.228 e. The van der Waals surface area contributed by atoms with Crippen LogP contribution in [-0.2, 0) is 9.84 Å². The van der Waals surface area contributed by atoms with Gasteiger partial charge in [0.25, 0.3) is 0 Å². The van der Waals surface area contributed by atoms with Gasteiger partial charge in [0.15, 0.2) is 9.84 Å². The number of alkyl halides is 1. The van der Waals surface area contributed by atoms with Crippen LogP contribution in [0.25, 0.3) is 0 Å². The maximum absolute atomic E-state index is 10.3. The molecule has 0 aliphatic rings. The monoisotopic (exact) mass is 186 g/mol. The molecule has 0 bridgehead atoms. The van der Waals surface area contributed by atoms with E-state index in [1.54, 1.807) is 6.92 Å². The minimum absolute atomic E-state index is 0.417. The van der Waals surface area contributed by atoms with E-state index >= 15 is 0 Å². The van der Waals surface area contributed by atoms with Crippen LogP contribution in [0.3, 0.4) is 0 Å². The lowest BCUT2D eigenvalue weighted by Crippen LogP contribution is -2.06. The average molecular weight is 187 g/mol. The number of rotatable bonds is 1. The Morgan fingerprint density at radius 1 is 1.57 bits per heavy atom. The summed E-state index contributed by atoms with van der Waals surface area (Å²) < 4.78 is 20.2. The van der Waals surface area contributed by atoms with Gasteiger partial charge in [-0.25, -0.2) is 8.42 Å². The SMILES string of the molecule is CC(Br)S(C)(=O)=O. The predicted octanol–water partition coefficient (Wildman–Crippen LogP) is 0.772. The molecule has 0 aliphatic carbocycles. The largest absolute Gasteiger partial charge is 0.228 e. The summed E-state index contributed by atoms with van der Waals surface area (Å²) in [6.07, 6.45) is 1.19. The van der Waals surface area contributed by atoms with Gasteiger partial charge in [-0.2, -0.15) is 0 Å². The van der Waals surface area contributed by atoms with Crippen LogP contribution < -0.4 is 0 Å². The quantitative estimate of drug-likeness (QED) is 0.568. The number of sulfone groups is 1. The van der Waals surface area contributed by atoms with E-state index in [1.807, 2.05) is 0 Å². The van der Waals surface area contributed by atoms with Gasteiger partial charge < -0.3 is 0 Å². The summed E-state index contributed by atoms with van der Waals surface area (Å²) in [6.45, 7) is 1.58. The highest BCUT2D eigenvalue weighted by Gasteiger charge is 2.07. The molecular weight excluding hydrogens is 180 g/mol. The smallest absolute Gasteiger partial charge is 0.159 e. The third-order valence-corrected chi connectivity index (χ3v) is 3.81. The van der Waals surface area contributed by atoms with Gasteiger partial charge in [-0.1, -0.05) is 15.9 Å². The molecule has 0 aromatic carbocycles. The molecule has 0 rings (SSSR count). The fraction of sp³-hybridized carbons (Fsp3) is 1.00. The lowest BCUT2D eigenvalue weighted by molar-refractivity contribution is 0.601. The van der Waals surface area contributed by atoms with E-state index in [4.69, 9.17) is 0 Å². The standard InChI is InChI=1S/C3H7BrO2S/c1-3(4)7(2,5)6/h3H,1-2H3. The summed E-state index contributed by atoms with van der Waals surface area (Å²) >= 11 is 2.91. The zero-order valence-electron chi connectivity index (χ0n) is 4.18. The lowest BCUT2D eigenvalue weighted by Gasteiger charge is -1.94. The van der Waals surface area contributed by atoms with E-state index in [2.05, 4.69) is 15.9 Å². The first-order valence-electron chi connectivity index (χ1n) is 1.77. The van der Waals surface area contributed by atoms with Crippen molar-refractivity contribution in [3.8, 4) is 0 Å². The molecular formula is C3H7BrO2S. The van der Waals surface area contributed by atoms with Crippen molar-refractivity contribution in [3.63, 3.8) is 0 Å². The van der Waals surface area contributed by atoms with Crippen molar-refractivity contribution in [1.29, 1.82) is 0 Å². The molecule has 0 aromatic rings. The summed E-state index contributed by atoms with van der Waals surface area (Å²) in [7, 11) is -2.82. The molecule has 0 spiro atoms. The van der Waals surface area contributed by atoms with Gasteiger partial charge in [-0.05, 0) is 6.92 Å². The van der Waals surface area contributed by atoms with Crippen LogP contribution in [0.2, 0.25) is 0 Å². The van der Waals surface area contributed by atoms with Crippen molar-refractivity contribution in [2.75, 3.05) is 6.26 Å². The van der Waals surface area contributed by atoms with Crippen molar-refractivity contribution in [2.24, 2.45) is 0 Å². The van der Waals surface area contributed by atoms with Gasteiger partial charge in [0.1, 0.15) is 4.16 Å². The normalized spacial score (nSPS) is 16.4. The fourth-order valence-electron chi connectivity index (χ4n) is 0. The molecule has 1 atom stereocenters. The lowest BCUT2D eigenvalue weighted by atomic mass is 11.0. The van der Waals surface area contributed by atoms with Crippen molar-refractivity contribution in [2.45, 2.75) is 11.1 Å². The molecule has 44 valence electrons. The molecule has 0 aromatic heterocycles. The summed E-state index contributed by atoms with van der Waals surface area (Å²) in [4.78, 5) is 0. The first-order valence-corrected chi connectivity index (χ1v) is 4.64. The van der Waals surface area contributed by atoms with Crippen molar-refractivity contribution < 1.29 is 8.42 Å². The zero-order valence-corrected chi connectivity index (χ0v) is 6.58. The molecule has 0 saturated heterocycles. The van der Waals surface area contributed by atoms with Crippen LogP contribution in [-0.4, -0.2) is 18.8 Å². The maximum Gasteiger partial charge on any atom is 0.159 e. The molecule has 0 heterocycles. The molecule has 0 N–H and O–H groups in total. The van der Waals surface area contributed by atoms with E-state index < -0.39 is 14.0 Å². The van der Waals surface area contributed by atoms with Gasteiger partial charge in [0, 0.05) is 6.26 Å². The third-order valence-electron chi connectivity index (χ3n) is 0.590. The fourth-order valence-corrected chi connectivity index (χ4v) is 0. The second kappa shape index (κ2) is 2.13. The topological polar surface area (TPSA) is 34.1 Å². The highest BCUT2D eigenvalue weighted by Crippen LogP contribution is 2.03. The average Bonchev–Trinajstić information content (AvgIpc) is 1.31. The summed E-state index contributed by atoms with van der Waals surface area (Å²) in [5.41, 5.74) is 0. The second-order valence-electron chi connectivity index (χ2n) is 1.37. The highest BCUT2D eigenvalue weighted by molar-refractivity contribution is 9.11. The number of hydrogen-bond donors (Lipinski definition) is 0. The minimum atomic E-state index is -2.82. The summed E-state index contributed by atoms with van der Waals surface area (Å²) in [5, 5.41) is 0. The van der Waals surface area contributed by atoms with Crippen LogP contribution in [0.5, 0.6) is 0 Å². The molecule has 4 heteroatoms. The Labute approximate surface area is 52.0 Å². The summed E-state index contributed by atoms with van der Waals surface area (Å²) in [5.74, 6) is 0. The van der Waals surface area contributed by atoms with Crippen LogP contribution in [0.4, 0.5) is 0 Å². The van der Waals surface area contributed by atoms with Gasteiger partial charge in [-0.3, -0.25) is 0 Å². The van der Waals surface area contributed by atoms with Gasteiger partial charge in [0.05, 0.1) is 0 Å². The third kappa shape index (κ3) is 3.05. The Morgan fingerprint density at radius 2 is 1.71 bits per heavy atom. The van der Waals surface area contributed by atoms with Gasteiger partial charge in [-0.15, -0.1) is 0 Å². The first-order chi connectivity index (χ1) is 2.94. The Hall–Kier alpha value is 0.430. The second-order valence-corrected chi connectivity index (χ2v) is 5.72. The molecule has 1 unspecified atom stereocenters. The van der Waals surface area contributed by atoms with E-state index in [0.717, 1.165) is 0 Å². The molecule has 0 aliphatic heterocycles. The molecule has 0 amide bonds. The first kappa shape index (κ1) is 7.43. The Morgan fingerprint density at radius 3 is 1.71 bits per heavy atom. The highest BCUT2D eigenvalue weighted by atomic mass is 79.9. The molecule has 0 saturated carbocycles. The van der Waals surface area contributed by atoms with Crippen molar-refractivity contribution in [1.82, 2.24) is 0 Å². The molecule has 0 fully saturated rings. The van der Waals surface area contributed by atoms with E-state index in [9.17, 15) is 8.42 Å².